The van der Waals surface area contributed by atoms with E-state index >= 15 is 0 Å². The van der Waals surface area contributed by atoms with Gasteiger partial charge in [0.25, 0.3) is 0 Å². The third-order valence-corrected chi connectivity index (χ3v) is 6.13. The number of likely N-dealkylation sites (N-methyl/N-ethyl adjacent to an activating group) is 1. The number of benzene rings is 1. The molecule has 0 radical (unpaired) electrons. The number of allylic oxidation sites excluding steroid dienone is 5. The van der Waals surface area contributed by atoms with Gasteiger partial charge in [-0.1, -0.05) is 84.3 Å². The summed E-state index contributed by atoms with van der Waals surface area (Å²) in [5.74, 6) is 0.601. The molecule has 7 heteroatoms. The zero-order valence-electron chi connectivity index (χ0n) is 28.0. The van der Waals surface area contributed by atoms with Crippen molar-refractivity contribution in [3.05, 3.63) is 77.5 Å². The number of nitrogens with zero attached hydrogens (tertiary/aromatic N) is 3. The lowest BCUT2D eigenvalue weighted by molar-refractivity contribution is -0.119. The molecule has 0 aliphatic rings. The molecule has 1 aromatic carbocycles. The summed E-state index contributed by atoms with van der Waals surface area (Å²) in [4.78, 5) is 29.8. The maximum absolute atomic E-state index is 12.7. The average molecular weight is 598 g/mol. The SMILES string of the molecule is C=CC/C(=C\C=C(C)C)CC.CC.CC.CCC.CCN(C(=O)Cn1cc(C=O)c2ccc(OC)cc21)c1nccs1. The van der Waals surface area contributed by atoms with E-state index in [0.29, 0.717) is 23.0 Å². The van der Waals surface area contributed by atoms with Gasteiger partial charge >= 0.3 is 0 Å². The highest BCUT2D eigenvalue weighted by Crippen LogP contribution is 2.26. The van der Waals surface area contributed by atoms with Crippen molar-refractivity contribution in [2.75, 3.05) is 18.6 Å². The summed E-state index contributed by atoms with van der Waals surface area (Å²) in [6.07, 6.45) is 13.9. The molecule has 0 atom stereocenters. The van der Waals surface area contributed by atoms with E-state index in [9.17, 15) is 9.59 Å². The minimum atomic E-state index is -0.0791. The van der Waals surface area contributed by atoms with E-state index in [4.69, 9.17) is 4.74 Å². The third-order valence-electron chi connectivity index (χ3n) is 5.33. The summed E-state index contributed by atoms with van der Waals surface area (Å²) < 4.78 is 7.03. The van der Waals surface area contributed by atoms with Crippen LogP contribution in [0.4, 0.5) is 5.13 Å². The molecule has 0 unspecified atom stereocenters. The molecule has 0 aliphatic heterocycles. The summed E-state index contributed by atoms with van der Waals surface area (Å²) in [5.41, 5.74) is 4.14. The van der Waals surface area contributed by atoms with Crippen LogP contribution in [-0.2, 0) is 11.3 Å². The number of amides is 1. The van der Waals surface area contributed by atoms with Crippen molar-refractivity contribution in [1.82, 2.24) is 9.55 Å². The summed E-state index contributed by atoms with van der Waals surface area (Å²) in [7, 11) is 1.58. The van der Waals surface area contributed by atoms with Crippen molar-refractivity contribution in [1.29, 1.82) is 0 Å². The van der Waals surface area contributed by atoms with Gasteiger partial charge in [-0.2, -0.15) is 0 Å². The lowest BCUT2D eigenvalue weighted by Crippen LogP contribution is -2.33. The van der Waals surface area contributed by atoms with Gasteiger partial charge in [-0.05, 0) is 45.7 Å². The van der Waals surface area contributed by atoms with Crippen molar-refractivity contribution < 1.29 is 14.3 Å². The topological polar surface area (TPSA) is 64.4 Å². The largest absolute Gasteiger partial charge is 0.497 e. The quantitative estimate of drug-likeness (QED) is 0.132. The number of thiazole rings is 1. The Kier molecular flexibility index (Phi) is 24.5. The standard InChI is InChI=1S/C17H17N3O3S.C11H18.C3H8.2C2H6/c1-3-20(17-18-6-7-24-17)16(22)10-19-9-12(11-21)14-5-4-13(23-2)8-15(14)19;1-5-7-11(6-2)9-8-10(3)4;1-3-2;2*1-2/h4-9,11H,3,10H2,1-2H3;5,8-9H,1,6-7H2,2-4H3;3H2,1-2H3;2*1-2H3/b;11-9-;;;. The Hall–Kier alpha value is -3.45. The molecule has 2 heterocycles. The molecule has 0 spiro atoms. The average Bonchev–Trinajstić information content (AvgIpc) is 3.66. The second-order valence-electron chi connectivity index (χ2n) is 8.79. The monoisotopic (exact) mass is 597 g/mol. The van der Waals surface area contributed by atoms with E-state index in [-0.39, 0.29) is 12.5 Å². The van der Waals surface area contributed by atoms with Gasteiger partial charge < -0.3 is 9.30 Å². The number of carbonyl (C=O) groups excluding carboxylic acids is 2. The minimum absolute atomic E-state index is 0.0791. The predicted molar refractivity (Wildman–Crippen MR) is 185 cm³/mol. The van der Waals surface area contributed by atoms with E-state index in [2.05, 4.69) is 58.3 Å². The molecule has 0 aliphatic carbocycles. The maximum Gasteiger partial charge on any atom is 0.248 e. The van der Waals surface area contributed by atoms with Crippen LogP contribution in [0, 0.1) is 0 Å². The molecule has 2 aromatic heterocycles. The van der Waals surface area contributed by atoms with Crippen LogP contribution in [0.1, 0.15) is 98.9 Å². The van der Waals surface area contributed by atoms with Crippen molar-refractivity contribution in [3.63, 3.8) is 0 Å². The molecule has 3 aromatic rings. The molecule has 0 saturated heterocycles. The molecule has 3 rings (SSSR count). The first-order valence-electron chi connectivity index (χ1n) is 15.1. The fraction of sp³-hybridized carbons (Fsp3) is 0.457. The molecule has 1 amide bonds. The summed E-state index contributed by atoms with van der Waals surface area (Å²) in [6, 6.07) is 5.46. The van der Waals surface area contributed by atoms with Gasteiger partial charge in [0.15, 0.2) is 11.4 Å². The van der Waals surface area contributed by atoms with Crippen LogP contribution in [0.25, 0.3) is 10.9 Å². The smallest absolute Gasteiger partial charge is 0.248 e. The van der Waals surface area contributed by atoms with Gasteiger partial charge in [0.2, 0.25) is 5.91 Å². The first kappa shape index (κ1) is 40.7. The van der Waals surface area contributed by atoms with Gasteiger partial charge in [-0.25, -0.2) is 4.98 Å². The Morgan fingerprint density at radius 1 is 1.10 bits per heavy atom. The van der Waals surface area contributed by atoms with Gasteiger partial charge in [-0.15, -0.1) is 17.9 Å². The van der Waals surface area contributed by atoms with Gasteiger partial charge in [0, 0.05) is 41.3 Å². The summed E-state index contributed by atoms with van der Waals surface area (Å²) >= 11 is 1.42. The number of ether oxygens (including phenoxy) is 1. The molecule has 0 bridgehead atoms. The zero-order valence-corrected chi connectivity index (χ0v) is 28.8. The van der Waals surface area contributed by atoms with Crippen LogP contribution in [0.15, 0.2) is 71.9 Å². The van der Waals surface area contributed by atoms with E-state index in [1.165, 1.54) is 28.9 Å². The maximum atomic E-state index is 12.7. The van der Waals surface area contributed by atoms with E-state index in [0.717, 1.165) is 30.0 Å². The van der Waals surface area contributed by atoms with Crippen LogP contribution in [0.3, 0.4) is 0 Å². The Bertz CT molecular complexity index is 1200. The highest BCUT2D eigenvalue weighted by atomic mass is 32.1. The number of aromatic nitrogens is 2. The van der Waals surface area contributed by atoms with Crippen molar-refractivity contribution in [3.8, 4) is 5.75 Å². The zero-order chi connectivity index (χ0) is 32.5. The van der Waals surface area contributed by atoms with E-state index in [1.807, 2.05) is 58.2 Å². The lowest BCUT2D eigenvalue weighted by Gasteiger charge is -2.18. The van der Waals surface area contributed by atoms with Gasteiger partial charge in [0.05, 0.1) is 12.6 Å². The van der Waals surface area contributed by atoms with Crippen LogP contribution >= 0.6 is 11.3 Å². The number of anilines is 1. The van der Waals surface area contributed by atoms with Crippen LogP contribution in [0.2, 0.25) is 0 Å². The highest BCUT2D eigenvalue weighted by Gasteiger charge is 2.18. The third kappa shape index (κ3) is 14.4. The number of carbonyl (C=O) groups is 2. The predicted octanol–water partition coefficient (Wildman–Crippen LogP) is 10.3. The fourth-order valence-corrected chi connectivity index (χ4v) is 4.17. The van der Waals surface area contributed by atoms with Gasteiger partial charge in [-0.3, -0.25) is 14.5 Å². The first-order chi connectivity index (χ1) is 20.3. The number of rotatable bonds is 10. The number of aldehydes is 1. The normalized spacial score (nSPS) is 9.74. The Balaban J connectivity index is 0. The molecule has 0 saturated carbocycles. The van der Waals surface area contributed by atoms with Crippen molar-refractivity contribution in [2.45, 2.75) is 95.0 Å². The van der Waals surface area contributed by atoms with E-state index < -0.39 is 0 Å². The summed E-state index contributed by atoms with van der Waals surface area (Å²) in [6.45, 7) is 24.9. The molecule has 234 valence electrons. The molecule has 0 N–H and O–H groups in total. The molecule has 42 heavy (non-hydrogen) atoms. The summed E-state index contributed by atoms with van der Waals surface area (Å²) in [5, 5.41) is 3.31. The minimum Gasteiger partial charge on any atom is -0.497 e. The van der Waals surface area contributed by atoms with Crippen molar-refractivity contribution in [2.24, 2.45) is 0 Å². The molecular formula is C35H55N3O3S. The van der Waals surface area contributed by atoms with E-state index in [1.54, 1.807) is 35.0 Å². The number of methoxy groups -OCH3 is 1. The van der Waals surface area contributed by atoms with Crippen LogP contribution in [0.5, 0.6) is 5.75 Å². The molecule has 0 fully saturated rings. The van der Waals surface area contributed by atoms with Crippen LogP contribution < -0.4 is 9.64 Å². The van der Waals surface area contributed by atoms with Gasteiger partial charge in [0.1, 0.15) is 12.3 Å². The molecular weight excluding hydrogens is 542 g/mol. The second-order valence-corrected chi connectivity index (χ2v) is 9.66. The first-order valence-corrected chi connectivity index (χ1v) is 15.9. The second kappa shape index (κ2) is 25.3. The fourth-order valence-electron chi connectivity index (χ4n) is 3.45. The number of fused-ring (bicyclic) bond motifs is 1. The Morgan fingerprint density at radius 3 is 2.19 bits per heavy atom. The Labute approximate surface area is 259 Å². The highest BCUT2D eigenvalue weighted by molar-refractivity contribution is 7.13. The van der Waals surface area contributed by atoms with Crippen molar-refractivity contribution >= 4 is 39.6 Å². The Morgan fingerprint density at radius 2 is 1.74 bits per heavy atom. The number of hydrogen-bond acceptors (Lipinski definition) is 5. The lowest BCUT2D eigenvalue weighted by atomic mass is 10.1. The van der Waals surface area contributed by atoms with Crippen LogP contribution in [-0.4, -0.2) is 35.4 Å². The number of hydrogen-bond donors (Lipinski definition) is 0. The molecule has 6 nitrogen and oxygen atoms in total.